The van der Waals surface area contributed by atoms with Gasteiger partial charge in [0.15, 0.2) is 5.65 Å². The fourth-order valence-corrected chi connectivity index (χ4v) is 3.60. The van der Waals surface area contributed by atoms with E-state index in [4.69, 9.17) is 21.3 Å². The first kappa shape index (κ1) is 20.6. The van der Waals surface area contributed by atoms with Gasteiger partial charge in [0.05, 0.1) is 45.7 Å². The van der Waals surface area contributed by atoms with Crippen molar-refractivity contribution in [3.05, 3.63) is 76.4 Å². The number of aromatic nitrogens is 3. The smallest absolute Gasteiger partial charge is 0.337 e. The number of rotatable bonds is 4. The second-order valence-corrected chi connectivity index (χ2v) is 7.38. The van der Waals surface area contributed by atoms with E-state index in [1.807, 2.05) is 37.3 Å². The zero-order valence-corrected chi connectivity index (χ0v) is 17.9. The van der Waals surface area contributed by atoms with Crippen molar-refractivity contribution >= 4 is 40.2 Å². The summed E-state index contributed by atoms with van der Waals surface area (Å²) in [6, 6.07) is 15.9. The SMILES string of the molecule is COC(=O)c1ccc(Cl)c(NC(=O)c2cc(-c3ccccc3)nc3c2c(C)nn3C)c1. The molecule has 0 radical (unpaired) electrons. The molecular formula is C23H19ClN4O3. The van der Waals surface area contributed by atoms with Crippen LogP contribution in [0.15, 0.2) is 54.6 Å². The second-order valence-electron chi connectivity index (χ2n) is 6.97. The van der Waals surface area contributed by atoms with Crippen molar-refractivity contribution in [3.63, 3.8) is 0 Å². The van der Waals surface area contributed by atoms with Crippen molar-refractivity contribution in [2.75, 3.05) is 12.4 Å². The van der Waals surface area contributed by atoms with Crippen LogP contribution in [0.3, 0.4) is 0 Å². The lowest BCUT2D eigenvalue weighted by atomic mass is 10.0. The standard InChI is InChI=1S/C23H19ClN4O3/c1-13-20-16(22(29)26-19-11-15(23(30)31-3)9-10-17(19)24)12-18(14-7-5-4-6-8-14)25-21(20)28(2)27-13/h4-12H,1-3H3,(H,26,29). The lowest BCUT2D eigenvalue weighted by molar-refractivity contribution is 0.0600. The maximum atomic E-state index is 13.3. The predicted molar refractivity (Wildman–Crippen MR) is 119 cm³/mol. The molecule has 0 spiro atoms. The normalized spacial score (nSPS) is 10.8. The summed E-state index contributed by atoms with van der Waals surface area (Å²) >= 11 is 6.26. The van der Waals surface area contributed by atoms with Crippen LogP contribution in [0.4, 0.5) is 5.69 Å². The Morgan fingerprint density at radius 3 is 2.55 bits per heavy atom. The van der Waals surface area contributed by atoms with Crippen LogP contribution < -0.4 is 5.32 Å². The summed E-state index contributed by atoms with van der Waals surface area (Å²) in [5.74, 6) is -0.905. The maximum absolute atomic E-state index is 13.3. The van der Waals surface area contributed by atoms with Gasteiger partial charge >= 0.3 is 5.97 Å². The van der Waals surface area contributed by atoms with Gasteiger partial charge in [-0.05, 0) is 31.2 Å². The van der Waals surface area contributed by atoms with Gasteiger partial charge in [-0.3, -0.25) is 9.48 Å². The minimum absolute atomic E-state index is 0.282. The number of anilines is 1. The molecule has 4 rings (SSSR count). The average Bonchev–Trinajstić information content (AvgIpc) is 3.08. The van der Waals surface area contributed by atoms with Gasteiger partial charge in [-0.1, -0.05) is 41.9 Å². The molecule has 0 saturated carbocycles. The molecule has 2 aromatic heterocycles. The van der Waals surface area contributed by atoms with Crippen molar-refractivity contribution in [1.29, 1.82) is 0 Å². The van der Waals surface area contributed by atoms with Gasteiger partial charge in [-0.2, -0.15) is 5.10 Å². The minimum Gasteiger partial charge on any atom is -0.465 e. The van der Waals surface area contributed by atoms with E-state index in [1.165, 1.54) is 25.3 Å². The van der Waals surface area contributed by atoms with E-state index < -0.39 is 5.97 Å². The molecule has 0 atom stereocenters. The molecule has 8 heteroatoms. The lowest BCUT2D eigenvalue weighted by Crippen LogP contribution is -2.14. The van der Waals surface area contributed by atoms with E-state index >= 15 is 0 Å². The van der Waals surface area contributed by atoms with E-state index in [-0.39, 0.29) is 11.5 Å². The van der Waals surface area contributed by atoms with E-state index in [0.29, 0.717) is 38.7 Å². The van der Waals surface area contributed by atoms with E-state index in [2.05, 4.69) is 10.4 Å². The third kappa shape index (κ3) is 3.87. The number of nitrogens with zero attached hydrogens (tertiary/aromatic N) is 3. The number of fused-ring (bicyclic) bond motifs is 1. The number of carbonyl (C=O) groups is 2. The Balaban J connectivity index is 1.82. The van der Waals surface area contributed by atoms with Crippen LogP contribution in [-0.4, -0.2) is 33.8 Å². The number of methoxy groups -OCH3 is 1. The lowest BCUT2D eigenvalue weighted by Gasteiger charge is -2.11. The summed E-state index contributed by atoms with van der Waals surface area (Å²) in [5.41, 5.74) is 3.81. The van der Waals surface area contributed by atoms with Crippen molar-refractivity contribution < 1.29 is 14.3 Å². The van der Waals surface area contributed by atoms with Crippen LogP contribution in [0.2, 0.25) is 5.02 Å². The first-order valence-electron chi connectivity index (χ1n) is 9.48. The zero-order valence-electron chi connectivity index (χ0n) is 17.1. The number of amides is 1. The number of nitrogens with one attached hydrogen (secondary N) is 1. The Kier molecular flexibility index (Phi) is 5.44. The fraction of sp³-hybridized carbons (Fsp3) is 0.130. The molecule has 0 aliphatic rings. The van der Waals surface area contributed by atoms with Gasteiger partial charge in [-0.15, -0.1) is 0 Å². The number of esters is 1. The topological polar surface area (TPSA) is 86.1 Å². The number of pyridine rings is 1. The predicted octanol–water partition coefficient (Wildman–Crippen LogP) is 4.64. The highest BCUT2D eigenvalue weighted by Gasteiger charge is 2.20. The molecule has 2 aromatic carbocycles. The van der Waals surface area contributed by atoms with Gasteiger partial charge in [0.2, 0.25) is 0 Å². The quantitative estimate of drug-likeness (QED) is 0.473. The molecular weight excluding hydrogens is 416 g/mol. The molecule has 31 heavy (non-hydrogen) atoms. The van der Waals surface area contributed by atoms with Gasteiger partial charge in [0.1, 0.15) is 0 Å². The molecule has 7 nitrogen and oxygen atoms in total. The first-order valence-corrected chi connectivity index (χ1v) is 9.86. The highest BCUT2D eigenvalue weighted by Crippen LogP contribution is 2.29. The monoisotopic (exact) mass is 434 g/mol. The minimum atomic E-state index is -0.520. The van der Waals surface area contributed by atoms with E-state index in [1.54, 1.807) is 17.8 Å². The number of halogens is 1. The molecule has 1 amide bonds. The van der Waals surface area contributed by atoms with Gasteiger partial charge in [-0.25, -0.2) is 9.78 Å². The van der Waals surface area contributed by atoms with Gasteiger partial charge in [0, 0.05) is 12.6 Å². The summed E-state index contributed by atoms with van der Waals surface area (Å²) in [5, 5.41) is 8.19. The first-order chi connectivity index (χ1) is 14.9. The summed E-state index contributed by atoms with van der Waals surface area (Å²) in [4.78, 5) is 29.9. The van der Waals surface area contributed by atoms with Crippen LogP contribution >= 0.6 is 11.6 Å². The molecule has 0 bridgehead atoms. The Hall–Kier alpha value is -3.71. The molecule has 0 unspecified atom stereocenters. The van der Waals surface area contributed by atoms with Gasteiger partial charge < -0.3 is 10.1 Å². The van der Waals surface area contributed by atoms with Crippen molar-refractivity contribution in [2.24, 2.45) is 7.05 Å². The summed E-state index contributed by atoms with van der Waals surface area (Å²) in [6.45, 7) is 1.83. The summed E-state index contributed by atoms with van der Waals surface area (Å²) in [7, 11) is 3.08. The summed E-state index contributed by atoms with van der Waals surface area (Å²) in [6.07, 6.45) is 0. The zero-order chi connectivity index (χ0) is 22.1. The Morgan fingerprint density at radius 2 is 1.84 bits per heavy atom. The number of hydrogen-bond donors (Lipinski definition) is 1. The molecule has 0 saturated heterocycles. The maximum Gasteiger partial charge on any atom is 0.337 e. The largest absolute Gasteiger partial charge is 0.465 e. The number of aryl methyl sites for hydroxylation is 2. The van der Waals surface area contributed by atoms with Crippen LogP contribution in [0.5, 0.6) is 0 Å². The number of ether oxygens (including phenoxy) is 1. The van der Waals surface area contributed by atoms with Crippen LogP contribution in [0, 0.1) is 6.92 Å². The molecule has 2 heterocycles. The number of benzene rings is 2. The molecule has 1 N–H and O–H groups in total. The number of hydrogen-bond acceptors (Lipinski definition) is 5. The molecule has 0 aliphatic heterocycles. The molecule has 0 aliphatic carbocycles. The Bertz CT molecular complexity index is 1320. The Labute approximate surface area is 183 Å². The third-order valence-corrected chi connectivity index (χ3v) is 5.25. The Morgan fingerprint density at radius 1 is 1.10 bits per heavy atom. The van der Waals surface area contributed by atoms with E-state index in [9.17, 15) is 9.59 Å². The van der Waals surface area contributed by atoms with Crippen LogP contribution in [0.25, 0.3) is 22.3 Å². The van der Waals surface area contributed by atoms with Crippen molar-refractivity contribution in [1.82, 2.24) is 14.8 Å². The highest BCUT2D eigenvalue weighted by atomic mass is 35.5. The highest BCUT2D eigenvalue weighted by molar-refractivity contribution is 6.34. The van der Waals surface area contributed by atoms with Gasteiger partial charge in [0.25, 0.3) is 5.91 Å². The van der Waals surface area contributed by atoms with Crippen molar-refractivity contribution in [3.8, 4) is 11.3 Å². The number of carbonyl (C=O) groups excluding carboxylic acids is 2. The molecule has 4 aromatic rings. The van der Waals surface area contributed by atoms with Crippen LogP contribution in [-0.2, 0) is 11.8 Å². The van der Waals surface area contributed by atoms with Crippen LogP contribution in [0.1, 0.15) is 26.4 Å². The fourth-order valence-electron chi connectivity index (χ4n) is 3.44. The molecule has 0 fully saturated rings. The average molecular weight is 435 g/mol. The second kappa shape index (κ2) is 8.20. The van der Waals surface area contributed by atoms with E-state index in [0.717, 1.165) is 5.56 Å². The third-order valence-electron chi connectivity index (χ3n) is 4.92. The summed E-state index contributed by atoms with van der Waals surface area (Å²) < 4.78 is 6.40. The van der Waals surface area contributed by atoms with Crippen molar-refractivity contribution in [2.45, 2.75) is 6.92 Å². The molecule has 156 valence electrons.